The van der Waals surface area contributed by atoms with Crippen molar-refractivity contribution in [3.05, 3.63) is 35.9 Å². The monoisotopic (exact) mass is 330 g/mol. The van der Waals surface area contributed by atoms with Gasteiger partial charge in [-0.3, -0.25) is 9.59 Å². The minimum absolute atomic E-state index is 0.108. The van der Waals surface area contributed by atoms with E-state index < -0.39 is 5.41 Å². The van der Waals surface area contributed by atoms with Crippen LogP contribution in [0.15, 0.2) is 30.3 Å². The average Bonchev–Trinajstić information content (AvgIpc) is 2.60. The van der Waals surface area contributed by atoms with Gasteiger partial charge in [-0.2, -0.15) is 0 Å². The molecule has 0 bridgehead atoms. The van der Waals surface area contributed by atoms with E-state index in [1.165, 1.54) is 5.56 Å². The molecule has 130 valence electrons. The van der Waals surface area contributed by atoms with Crippen LogP contribution in [0.4, 0.5) is 0 Å². The molecule has 2 aliphatic rings. The summed E-state index contributed by atoms with van der Waals surface area (Å²) in [4.78, 5) is 24.9. The van der Waals surface area contributed by atoms with Crippen LogP contribution in [0.2, 0.25) is 0 Å². The topological polar surface area (TPSA) is 67.4 Å². The molecule has 3 rings (SSSR count). The van der Waals surface area contributed by atoms with Gasteiger partial charge in [0.15, 0.2) is 0 Å². The van der Waals surface area contributed by atoms with Gasteiger partial charge in [-0.15, -0.1) is 0 Å². The Morgan fingerprint density at radius 2 is 1.71 bits per heavy atom. The molecule has 1 saturated carbocycles. The van der Waals surface area contributed by atoms with E-state index in [4.69, 9.17) is 4.74 Å². The SMILES string of the molecule is CNC(=O)C1(C(=O)NCC2(c3ccccc3)CCOCC2)CCC1. The van der Waals surface area contributed by atoms with Crippen LogP contribution in [0.25, 0.3) is 0 Å². The van der Waals surface area contributed by atoms with Crippen molar-refractivity contribution in [1.29, 1.82) is 0 Å². The third kappa shape index (κ3) is 2.93. The largest absolute Gasteiger partial charge is 0.381 e. The predicted octanol–water partition coefficient (Wildman–Crippen LogP) is 1.77. The van der Waals surface area contributed by atoms with E-state index in [1.54, 1.807) is 7.05 Å². The normalized spacial score (nSPS) is 21.4. The summed E-state index contributed by atoms with van der Waals surface area (Å²) in [5.41, 5.74) is 0.261. The van der Waals surface area contributed by atoms with Crippen LogP contribution in [0.3, 0.4) is 0 Å². The lowest BCUT2D eigenvalue weighted by Crippen LogP contribution is -2.56. The molecule has 1 aliphatic carbocycles. The molecule has 1 saturated heterocycles. The molecule has 0 aromatic heterocycles. The Morgan fingerprint density at radius 3 is 2.25 bits per heavy atom. The van der Waals surface area contributed by atoms with E-state index in [-0.39, 0.29) is 17.2 Å². The number of amides is 2. The lowest BCUT2D eigenvalue weighted by Gasteiger charge is -2.41. The van der Waals surface area contributed by atoms with E-state index in [0.29, 0.717) is 32.6 Å². The van der Waals surface area contributed by atoms with Crippen molar-refractivity contribution < 1.29 is 14.3 Å². The first-order chi connectivity index (χ1) is 11.6. The van der Waals surface area contributed by atoms with Crippen LogP contribution < -0.4 is 10.6 Å². The Hall–Kier alpha value is -1.88. The molecule has 0 spiro atoms. The standard InChI is InChI=1S/C19H26N2O3/c1-20-16(22)19(8-5-9-19)17(23)21-14-18(10-12-24-13-11-18)15-6-3-2-4-7-15/h2-4,6-7H,5,8-14H2,1H3,(H,20,22)(H,21,23). The first kappa shape index (κ1) is 17.0. The van der Waals surface area contributed by atoms with Gasteiger partial charge < -0.3 is 15.4 Å². The Labute approximate surface area is 143 Å². The molecule has 24 heavy (non-hydrogen) atoms. The summed E-state index contributed by atoms with van der Waals surface area (Å²) in [5, 5.41) is 5.74. The fourth-order valence-corrected chi connectivity index (χ4v) is 3.87. The molecule has 1 aromatic rings. The van der Waals surface area contributed by atoms with E-state index in [1.807, 2.05) is 18.2 Å². The highest BCUT2D eigenvalue weighted by atomic mass is 16.5. The van der Waals surface area contributed by atoms with Crippen LogP contribution in [-0.2, 0) is 19.7 Å². The number of hydrogen-bond donors (Lipinski definition) is 2. The fourth-order valence-electron chi connectivity index (χ4n) is 3.87. The second-order valence-corrected chi connectivity index (χ2v) is 6.96. The lowest BCUT2D eigenvalue weighted by molar-refractivity contribution is -0.149. The van der Waals surface area contributed by atoms with Crippen molar-refractivity contribution in [2.75, 3.05) is 26.8 Å². The molecule has 1 heterocycles. The predicted molar refractivity (Wildman–Crippen MR) is 91.5 cm³/mol. The first-order valence-corrected chi connectivity index (χ1v) is 8.77. The van der Waals surface area contributed by atoms with E-state index >= 15 is 0 Å². The second kappa shape index (κ2) is 6.93. The van der Waals surface area contributed by atoms with Gasteiger partial charge in [0.2, 0.25) is 11.8 Å². The molecular weight excluding hydrogens is 304 g/mol. The Bertz CT molecular complexity index is 590. The number of nitrogens with one attached hydrogen (secondary N) is 2. The molecule has 2 N–H and O–H groups in total. The third-order valence-electron chi connectivity index (χ3n) is 5.73. The maximum atomic E-state index is 12.8. The van der Waals surface area contributed by atoms with E-state index in [9.17, 15) is 9.59 Å². The smallest absolute Gasteiger partial charge is 0.235 e. The summed E-state index contributed by atoms with van der Waals surface area (Å²) in [6.45, 7) is 1.95. The summed E-state index contributed by atoms with van der Waals surface area (Å²) < 4.78 is 5.53. The number of ether oxygens (including phenoxy) is 1. The van der Waals surface area contributed by atoms with Crippen LogP contribution >= 0.6 is 0 Å². The fraction of sp³-hybridized carbons (Fsp3) is 0.579. The van der Waals surface area contributed by atoms with Crippen molar-refractivity contribution in [2.45, 2.75) is 37.5 Å². The van der Waals surface area contributed by atoms with Gasteiger partial charge in [-0.1, -0.05) is 36.8 Å². The van der Waals surface area contributed by atoms with Gasteiger partial charge in [-0.05, 0) is 31.2 Å². The summed E-state index contributed by atoms with van der Waals surface area (Å²) in [7, 11) is 1.60. The quantitative estimate of drug-likeness (QED) is 0.809. The molecule has 2 amide bonds. The van der Waals surface area contributed by atoms with Gasteiger partial charge in [-0.25, -0.2) is 0 Å². The van der Waals surface area contributed by atoms with Crippen LogP contribution in [0.5, 0.6) is 0 Å². The van der Waals surface area contributed by atoms with Crippen molar-refractivity contribution in [2.24, 2.45) is 5.41 Å². The lowest BCUT2D eigenvalue weighted by atomic mass is 9.67. The van der Waals surface area contributed by atoms with Gasteiger partial charge in [0.25, 0.3) is 0 Å². The van der Waals surface area contributed by atoms with Crippen molar-refractivity contribution in [3.63, 3.8) is 0 Å². The Kier molecular flexibility index (Phi) is 4.90. The van der Waals surface area contributed by atoms with Crippen LogP contribution in [-0.4, -0.2) is 38.6 Å². The van der Waals surface area contributed by atoms with Gasteiger partial charge in [0.1, 0.15) is 5.41 Å². The van der Waals surface area contributed by atoms with Gasteiger partial charge in [0, 0.05) is 32.2 Å². The molecular formula is C19H26N2O3. The van der Waals surface area contributed by atoms with Gasteiger partial charge >= 0.3 is 0 Å². The van der Waals surface area contributed by atoms with Crippen molar-refractivity contribution in [3.8, 4) is 0 Å². The molecule has 0 radical (unpaired) electrons. The zero-order chi connectivity index (χ0) is 17.0. The number of benzene rings is 1. The minimum atomic E-state index is -0.863. The van der Waals surface area contributed by atoms with Crippen LogP contribution in [0, 0.1) is 5.41 Å². The molecule has 0 unspecified atom stereocenters. The first-order valence-electron chi connectivity index (χ1n) is 8.77. The highest BCUT2D eigenvalue weighted by Crippen LogP contribution is 2.42. The molecule has 5 heteroatoms. The molecule has 1 aliphatic heterocycles. The van der Waals surface area contributed by atoms with Crippen LogP contribution in [0.1, 0.15) is 37.7 Å². The summed E-state index contributed by atoms with van der Waals surface area (Å²) in [5.74, 6) is -0.290. The van der Waals surface area contributed by atoms with Gasteiger partial charge in [0.05, 0.1) is 0 Å². The number of rotatable bonds is 5. The summed E-state index contributed by atoms with van der Waals surface area (Å²) in [6, 6.07) is 10.3. The van der Waals surface area contributed by atoms with E-state index in [2.05, 4.69) is 22.8 Å². The highest BCUT2D eigenvalue weighted by molar-refractivity contribution is 6.05. The Morgan fingerprint density at radius 1 is 1.04 bits per heavy atom. The summed E-state index contributed by atoms with van der Waals surface area (Å²) in [6.07, 6.45) is 3.97. The third-order valence-corrected chi connectivity index (χ3v) is 5.73. The van der Waals surface area contributed by atoms with Crippen molar-refractivity contribution >= 4 is 11.8 Å². The minimum Gasteiger partial charge on any atom is -0.381 e. The molecule has 0 atom stereocenters. The average molecular weight is 330 g/mol. The number of carbonyl (C=O) groups excluding carboxylic acids is 2. The Balaban J connectivity index is 1.75. The number of carbonyl (C=O) groups is 2. The second-order valence-electron chi connectivity index (χ2n) is 6.96. The zero-order valence-electron chi connectivity index (χ0n) is 14.3. The summed E-state index contributed by atoms with van der Waals surface area (Å²) >= 11 is 0. The maximum Gasteiger partial charge on any atom is 0.235 e. The zero-order valence-corrected chi connectivity index (χ0v) is 14.3. The van der Waals surface area contributed by atoms with Crippen molar-refractivity contribution in [1.82, 2.24) is 10.6 Å². The maximum absolute atomic E-state index is 12.8. The molecule has 5 nitrogen and oxygen atoms in total. The molecule has 1 aromatic carbocycles. The highest BCUT2D eigenvalue weighted by Gasteiger charge is 2.50. The molecule has 2 fully saturated rings. The number of hydrogen-bond acceptors (Lipinski definition) is 3. The van der Waals surface area contributed by atoms with E-state index in [0.717, 1.165) is 19.3 Å².